The highest BCUT2D eigenvalue weighted by molar-refractivity contribution is 7.22. The Labute approximate surface area is 159 Å². The molecule has 4 aromatic rings. The topological polar surface area (TPSA) is 62.5 Å². The fourth-order valence-electron chi connectivity index (χ4n) is 3.69. The first-order valence-corrected chi connectivity index (χ1v) is 9.96. The van der Waals surface area contributed by atoms with E-state index in [1.807, 2.05) is 28.9 Å². The summed E-state index contributed by atoms with van der Waals surface area (Å²) in [5.74, 6) is 0.572. The third-order valence-electron chi connectivity index (χ3n) is 5.14. The molecule has 138 valence electrons. The summed E-state index contributed by atoms with van der Waals surface area (Å²) in [7, 11) is 0. The molecule has 1 fully saturated rings. The molecule has 0 aliphatic heterocycles. The number of hydrogen-bond acceptors (Lipinski definition) is 5. The zero-order valence-electron chi connectivity index (χ0n) is 14.6. The highest BCUT2D eigenvalue weighted by atomic mass is 32.1. The van der Waals surface area contributed by atoms with Gasteiger partial charge >= 0.3 is 0 Å². The largest absolute Gasteiger partial charge is 0.393 e. The number of thiophene rings is 1. The number of anilines is 1. The fourth-order valence-corrected chi connectivity index (χ4v) is 4.73. The zero-order chi connectivity index (χ0) is 18.4. The van der Waals surface area contributed by atoms with E-state index in [-0.39, 0.29) is 11.9 Å². The molecule has 3 heterocycles. The number of imidazole rings is 1. The Balaban J connectivity index is 1.49. The summed E-state index contributed by atoms with van der Waals surface area (Å²) in [6.07, 6.45) is 5.18. The first kappa shape index (κ1) is 16.6. The summed E-state index contributed by atoms with van der Waals surface area (Å²) >= 11 is 1.60. The van der Waals surface area contributed by atoms with Crippen LogP contribution in [0.4, 0.5) is 10.2 Å². The van der Waals surface area contributed by atoms with Gasteiger partial charge in [0.2, 0.25) is 0 Å². The summed E-state index contributed by atoms with van der Waals surface area (Å²) in [6, 6.07) is 11.0. The van der Waals surface area contributed by atoms with Gasteiger partial charge in [-0.15, -0.1) is 16.4 Å². The van der Waals surface area contributed by atoms with Crippen LogP contribution in [0.3, 0.4) is 0 Å². The summed E-state index contributed by atoms with van der Waals surface area (Å²) in [5.41, 5.74) is 1.67. The standard InChI is InChI=1S/C20H19FN4OS/c21-13-1-6-17-12(9-13)10-18(27-17)16-11-22-20-8-7-19(24-25(16)20)23-14-2-4-15(26)5-3-14/h1,6-11,14-15,26H,2-5H2,(H,23,24). The average Bonchev–Trinajstić information content (AvgIpc) is 3.26. The van der Waals surface area contributed by atoms with Crippen molar-refractivity contribution in [3.05, 3.63) is 48.4 Å². The van der Waals surface area contributed by atoms with Crippen LogP contribution in [0.2, 0.25) is 0 Å². The van der Waals surface area contributed by atoms with Crippen molar-refractivity contribution in [3.63, 3.8) is 0 Å². The Morgan fingerprint density at radius 2 is 1.96 bits per heavy atom. The van der Waals surface area contributed by atoms with E-state index < -0.39 is 0 Å². The van der Waals surface area contributed by atoms with Crippen LogP contribution < -0.4 is 5.32 Å². The molecule has 1 aromatic carbocycles. The fraction of sp³-hybridized carbons (Fsp3) is 0.300. The molecular formula is C20H19FN4OS. The molecule has 0 saturated heterocycles. The van der Waals surface area contributed by atoms with Crippen LogP contribution in [-0.4, -0.2) is 31.9 Å². The van der Waals surface area contributed by atoms with Crippen molar-refractivity contribution < 1.29 is 9.50 Å². The van der Waals surface area contributed by atoms with Crippen molar-refractivity contribution in [1.82, 2.24) is 14.6 Å². The van der Waals surface area contributed by atoms with Crippen LogP contribution in [0.15, 0.2) is 42.6 Å². The number of hydrogen-bond donors (Lipinski definition) is 2. The van der Waals surface area contributed by atoms with Gasteiger partial charge in [0, 0.05) is 10.7 Å². The summed E-state index contributed by atoms with van der Waals surface area (Å²) in [4.78, 5) is 5.46. The molecule has 5 rings (SSSR count). The Kier molecular flexibility index (Phi) is 4.06. The van der Waals surface area contributed by atoms with Crippen molar-refractivity contribution in [3.8, 4) is 10.6 Å². The monoisotopic (exact) mass is 382 g/mol. The molecule has 1 aliphatic rings. The number of benzene rings is 1. The van der Waals surface area contributed by atoms with Crippen LogP contribution in [-0.2, 0) is 0 Å². The number of halogens is 1. The minimum atomic E-state index is -0.229. The highest BCUT2D eigenvalue weighted by Gasteiger charge is 2.20. The van der Waals surface area contributed by atoms with Gasteiger partial charge in [-0.25, -0.2) is 13.9 Å². The van der Waals surface area contributed by atoms with E-state index in [9.17, 15) is 9.50 Å². The lowest BCUT2D eigenvalue weighted by atomic mass is 9.93. The predicted octanol–water partition coefficient (Wildman–Crippen LogP) is 4.47. The maximum atomic E-state index is 13.5. The minimum Gasteiger partial charge on any atom is -0.393 e. The second-order valence-corrected chi connectivity index (χ2v) is 8.16. The molecule has 7 heteroatoms. The SMILES string of the molecule is OC1CCC(Nc2ccc3ncc(-c4cc5cc(F)ccc5s4)n3n2)CC1. The molecule has 5 nitrogen and oxygen atoms in total. The number of aliphatic hydroxyl groups excluding tert-OH is 1. The molecular weight excluding hydrogens is 363 g/mol. The van der Waals surface area contributed by atoms with Gasteiger partial charge in [0.1, 0.15) is 17.3 Å². The number of fused-ring (bicyclic) bond motifs is 2. The van der Waals surface area contributed by atoms with Crippen LogP contribution in [0.25, 0.3) is 26.3 Å². The number of nitrogens with one attached hydrogen (secondary N) is 1. The van der Waals surface area contributed by atoms with Gasteiger partial charge in [-0.2, -0.15) is 0 Å². The molecule has 0 amide bonds. The van der Waals surface area contributed by atoms with E-state index >= 15 is 0 Å². The van der Waals surface area contributed by atoms with Gasteiger partial charge in [-0.05, 0) is 67.5 Å². The molecule has 1 saturated carbocycles. The number of nitrogens with zero attached hydrogens (tertiary/aromatic N) is 3. The van der Waals surface area contributed by atoms with Gasteiger partial charge in [0.25, 0.3) is 0 Å². The Bertz CT molecular complexity index is 1110. The molecule has 27 heavy (non-hydrogen) atoms. The molecule has 0 atom stereocenters. The van der Waals surface area contributed by atoms with Crippen LogP contribution in [0, 0.1) is 5.82 Å². The molecule has 2 N–H and O–H groups in total. The zero-order valence-corrected chi connectivity index (χ0v) is 15.4. The van der Waals surface area contributed by atoms with E-state index in [2.05, 4.69) is 10.3 Å². The van der Waals surface area contributed by atoms with Crippen molar-refractivity contribution in [2.24, 2.45) is 0 Å². The third-order valence-corrected chi connectivity index (χ3v) is 6.28. The molecule has 1 aliphatic carbocycles. The van der Waals surface area contributed by atoms with E-state index in [1.165, 1.54) is 6.07 Å². The van der Waals surface area contributed by atoms with Crippen LogP contribution in [0.1, 0.15) is 25.7 Å². The lowest BCUT2D eigenvalue weighted by Crippen LogP contribution is -2.28. The number of rotatable bonds is 3. The maximum Gasteiger partial charge on any atom is 0.154 e. The Morgan fingerprint density at radius 1 is 1.11 bits per heavy atom. The summed E-state index contributed by atoms with van der Waals surface area (Å²) in [5, 5.41) is 18.8. The molecule has 0 unspecified atom stereocenters. The van der Waals surface area contributed by atoms with E-state index in [4.69, 9.17) is 5.10 Å². The second-order valence-electron chi connectivity index (χ2n) is 7.07. The van der Waals surface area contributed by atoms with Crippen LogP contribution in [0.5, 0.6) is 0 Å². The predicted molar refractivity (Wildman–Crippen MR) is 106 cm³/mol. The van der Waals surface area contributed by atoms with E-state index in [0.29, 0.717) is 6.04 Å². The van der Waals surface area contributed by atoms with Crippen molar-refractivity contribution in [1.29, 1.82) is 0 Å². The Morgan fingerprint density at radius 3 is 2.81 bits per heavy atom. The lowest BCUT2D eigenvalue weighted by molar-refractivity contribution is 0.126. The number of aliphatic hydroxyl groups is 1. The average molecular weight is 382 g/mol. The van der Waals surface area contributed by atoms with Gasteiger partial charge in [-0.3, -0.25) is 0 Å². The second kappa shape index (κ2) is 6.58. The molecule has 0 radical (unpaired) electrons. The number of aromatic nitrogens is 3. The molecule has 0 spiro atoms. The Hall–Kier alpha value is -2.51. The van der Waals surface area contributed by atoms with Gasteiger partial charge in [-0.1, -0.05) is 0 Å². The third kappa shape index (κ3) is 3.17. The summed E-state index contributed by atoms with van der Waals surface area (Å²) in [6.45, 7) is 0. The van der Waals surface area contributed by atoms with Gasteiger partial charge in [0.05, 0.1) is 17.2 Å². The minimum absolute atomic E-state index is 0.170. The normalized spacial score (nSPS) is 20.4. The highest BCUT2D eigenvalue weighted by Crippen LogP contribution is 2.34. The first-order chi connectivity index (χ1) is 13.2. The van der Waals surface area contributed by atoms with Crippen molar-refractivity contribution in [2.75, 3.05) is 5.32 Å². The lowest BCUT2D eigenvalue weighted by Gasteiger charge is -2.26. The quantitative estimate of drug-likeness (QED) is 0.549. The van der Waals surface area contributed by atoms with E-state index in [0.717, 1.165) is 57.8 Å². The van der Waals surface area contributed by atoms with Gasteiger partial charge in [0.15, 0.2) is 5.65 Å². The van der Waals surface area contributed by atoms with E-state index in [1.54, 1.807) is 23.5 Å². The molecule has 0 bridgehead atoms. The maximum absolute atomic E-state index is 13.5. The van der Waals surface area contributed by atoms with Gasteiger partial charge < -0.3 is 10.4 Å². The summed E-state index contributed by atoms with van der Waals surface area (Å²) < 4.78 is 16.4. The van der Waals surface area contributed by atoms with Crippen LogP contribution >= 0.6 is 11.3 Å². The smallest absolute Gasteiger partial charge is 0.154 e. The van der Waals surface area contributed by atoms with Crippen molar-refractivity contribution in [2.45, 2.75) is 37.8 Å². The first-order valence-electron chi connectivity index (χ1n) is 9.14. The molecule has 3 aromatic heterocycles. The van der Waals surface area contributed by atoms with Crippen molar-refractivity contribution >= 4 is 32.9 Å².